The van der Waals surface area contributed by atoms with Crippen molar-refractivity contribution >= 4 is 46.4 Å². The predicted octanol–water partition coefficient (Wildman–Crippen LogP) is 3.90. The first kappa shape index (κ1) is 22.8. The van der Waals surface area contributed by atoms with Crippen LogP contribution in [0.15, 0.2) is 61.2 Å². The monoisotopic (exact) mass is 457 g/mol. The quantitative estimate of drug-likeness (QED) is 0.457. The zero-order valence-corrected chi connectivity index (χ0v) is 18.8. The average Bonchev–Trinajstić information content (AvgIpc) is 2.98. The van der Waals surface area contributed by atoms with E-state index in [9.17, 15) is 9.59 Å². The molecule has 8 heteroatoms. The van der Waals surface area contributed by atoms with Gasteiger partial charge in [0.1, 0.15) is 11.8 Å². The summed E-state index contributed by atoms with van der Waals surface area (Å²) in [5.74, 6) is 0.328. The van der Waals surface area contributed by atoms with E-state index in [0.29, 0.717) is 35.3 Å². The fraction of sp³-hybridized carbons (Fsp3) is 0.261. The molecule has 1 saturated heterocycles. The van der Waals surface area contributed by atoms with E-state index < -0.39 is 6.04 Å². The van der Waals surface area contributed by atoms with Crippen LogP contribution in [0, 0.1) is 0 Å². The Morgan fingerprint density at radius 1 is 1.23 bits per heavy atom. The molecule has 2 aromatic carbocycles. The van der Waals surface area contributed by atoms with Gasteiger partial charge in [-0.05, 0) is 60.6 Å². The van der Waals surface area contributed by atoms with E-state index in [0.717, 1.165) is 11.3 Å². The van der Waals surface area contributed by atoms with E-state index in [2.05, 4.69) is 11.9 Å². The lowest BCUT2D eigenvalue weighted by Crippen LogP contribution is -2.39. The number of thiocarbonyl (C=S) groups is 1. The number of ether oxygens (including phenoxy) is 1. The number of nitrogens with one attached hydrogen (secondary N) is 1. The van der Waals surface area contributed by atoms with Crippen LogP contribution in [0.5, 0.6) is 5.75 Å². The number of nitrogens with zero attached hydrogens (tertiary/aromatic N) is 2. The molecule has 2 amide bonds. The fourth-order valence-corrected chi connectivity index (χ4v) is 3.91. The number of halogens is 1. The predicted molar refractivity (Wildman–Crippen MR) is 126 cm³/mol. The molecule has 1 heterocycles. The molecular weight excluding hydrogens is 434 g/mol. The van der Waals surface area contributed by atoms with Crippen molar-refractivity contribution in [3.63, 3.8) is 0 Å². The zero-order valence-electron chi connectivity index (χ0n) is 17.2. The first-order chi connectivity index (χ1) is 14.9. The Morgan fingerprint density at radius 2 is 1.90 bits per heavy atom. The second-order valence-electron chi connectivity index (χ2n) is 7.09. The Bertz CT molecular complexity index is 963. The molecule has 0 spiro atoms. The van der Waals surface area contributed by atoms with Gasteiger partial charge in [-0.25, -0.2) is 0 Å². The Hall–Kier alpha value is -2.90. The van der Waals surface area contributed by atoms with Crippen molar-refractivity contribution in [1.82, 2.24) is 9.80 Å². The first-order valence-electron chi connectivity index (χ1n) is 9.84. The summed E-state index contributed by atoms with van der Waals surface area (Å²) in [6.45, 7) is 4.53. The lowest BCUT2D eigenvalue weighted by atomic mass is 10.1. The van der Waals surface area contributed by atoms with Gasteiger partial charge >= 0.3 is 0 Å². The van der Waals surface area contributed by atoms with E-state index in [1.54, 1.807) is 37.5 Å². The van der Waals surface area contributed by atoms with Crippen molar-refractivity contribution in [1.29, 1.82) is 0 Å². The standard InChI is InChI=1S/C23H24ClN3O3S/c1-3-13-27-22(29)20(15-21(28)25-18-8-6-17(24)7-9-18)26(23(27)31)14-12-16-4-10-19(30-2)11-5-16/h3-11,20H,1,12-15H2,2H3,(H,25,28). The highest BCUT2D eigenvalue weighted by molar-refractivity contribution is 7.80. The molecule has 3 rings (SSSR count). The molecule has 0 aliphatic carbocycles. The molecule has 0 aromatic heterocycles. The highest BCUT2D eigenvalue weighted by Gasteiger charge is 2.42. The molecule has 162 valence electrons. The average molecular weight is 458 g/mol. The van der Waals surface area contributed by atoms with Crippen LogP contribution < -0.4 is 10.1 Å². The van der Waals surface area contributed by atoms with Crippen molar-refractivity contribution in [3.8, 4) is 5.75 Å². The Labute approximate surface area is 192 Å². The third-order valence-corrected chi connectivity index (χ3v) is 5.73. The van der Waals surface area contributed by atoms with Gasteiger partial charge in [-0.1, -0.05) is 29.8 Å². The minimum atomic E-state index is -0.655. The van der Waals surface area contributed by atoms with E-state index in [1.807, 2.05) is 29.2 Å². The van der Waals surface area contributed by atoms with Gasteiger partial charge in [-0.15, -0.1) is 6.58 Å². The van der Waals surface area contributed by atoms with Crippen LogP contribution in [-0.4, -0.2) is 53.0 Å². The smallest absolute Gasteiger partial charge is 0.252 e. The summed E-state index contributed by atoms with van der Waals surface area (Å²) in [6, 6.07) is 13.9. The van der Waals surface area contributed by atoms with Gasteiger partial charge in [-0.3, -0.25) is 14.5 Å². The van der Waals surface area contributed by atoms with Crippen LogP contribution in [0.1, 0.15) is 12.0 Å². The maximum absolute atomic E-state index is 13.0. The van der Waals surface area contributed by atoms with Crippen molar-refractivity contribution in [2.24, 2.45) is 0 Å². The van der Waals surface area contributed by atoms with Crippen LogP contribution in [0.4, 0.5) is 5.69 Å². The van der Waals surface area contributed by atoms with Gasteiger partial charge in [0.05, 0.1) is 13.5 Å². The van der Waals surface area contributed by atoms with E-state index >= 15 is 0 Å². The van der Waals surface area contributed by atoms with E-state index in [1.165, 1.54) is 4.90 Å². The molecule has 1 aliphatic heterocycles. The number of anilines is 1. The molecule has 1 atom stereocenters. The van der Waals surface area contributed by atoms with Crippen LogP contribution in [-0.2, 0) is 16.0 Å². The first-order valence-corrected chi connectivity index (χ1v) is 10.6. The number of hydrogen-bond acceptors (Lipinski definition) is 4. The zero-order chi connectivity index (χ0) is 22.4. The molecule has 2 aromatic rings. The molecule has 1 aliphatic rings. The molecule has 0 bridgehead atoms. The highest BCUT2D eigenvalue weighted by atomic mass is 35.5. The number of rotatable bonds is 9. The normalized spacial score (nSPS) is 15.9. The molecule has 31 heavy (non-hydrogen) atoms. The minimum Gasteiger partial charge on any atom is -0.497 e. The van der Waals surface area contributed by atoms with Crippen molar-refractivity contribution in [2.75, 3.05) is 25.5 Å². The van der Waals surface area contributed by atoms with E-state index in [4.69, 9.17) is 28.6 Å². The number of carbonyl (C=O) groups excluding carboxylic acids is 2. The maximum atomic E-state index is 13.0. The molecule has 0 radical (unpaired) electrons. The fourth-order valence-electron chi connectivity index (χ4n) is 3.40. The molecule has 1 unspecified atom stereocenters. The topological polar surface area (TPSA) is 61.9 Å². The van der Waals surface area contributed by atoms with Crippen LogP contribution >= 0.6 is 23.8 Å². The molecular formula is C23H24ClN3O3S. The summed E-state index contributed by atoms with van der Waals surface area (Å²) in [7, 11) is 1.62. The summed E-state index contributed by atoms with van der Waals surface area (Å²) in [5.41, 5.74) is 1.71. The number of amides is 2. The SMILES string of the molecule is C=CCN1C(=O)C(CC(=O)Nc2ccc(Cl)cc2)N(CCc2ccc(OC)cc2)C1=S. The number of methoxy groups -OCH3 is 1. The third-order valence-electron chi connectivity index (χ3n) is 5.02. The summed E-state index contributed by atoms with van der Waals surface area (Å²) in [6.07, 6.45) is 2.30. The van der Waals surface area contributed by atoms with Crippen molar-refractivity contribution < 1.29 is 14.3 Å². The molecule has 0 saturated carbocycles. The molecule has 1 fully saturated rings. The second-order valence-corrected chi connectivity index (χ2v) is 7.89. The van der Waals surface area contributed by atoms with Gasteiger partial charge in [0, 0.05) is 23.8 Å². The number of carbonyl (C=O) groups is 2. The summed E-state index contributed by atoms with van der Waals surface area (Å²) < 4.78 is 5.19. The van der Waals surface area contributed by atoms with Gasteiger partial charge in [0.2, 0.25) is 5.91 Å². The molecule has 1 N–H and O–H groups in total. The Morgan fingerprint density at radius 3 is 2.52 bits per heavy atom. The van der Waals surface area contributed by atoms with Gasteiger partial charge in [-0.2, -0.15) is 0 Å². The van der Waals surface area contributed by atoms with Crippen molar-refractivity contribution in [3.05, 3.63) is 71.8 Å². The lowest BCUT2D eigenvalue weighted by molar-refractivity contribution is -0.130. The van der Waals surface area contributed by atoms with Crippen LogP contribution in [0.3, 0.4) is 0 Å². The summed E-state index contributed by atoms with van der Waals surface area (Å²) in [4.78, 5) is 28.9. The minimum absolute atomic E-state index is 0.00213. The number of benzene rings is 2. The van der Waals surface area contributed by atoms with Gasteiger partial charge < -0.3 is 15.0 Å². The molecule has 6 nitrogen and oxygen atoms in total. The van der Waals surface area contributed by atoms with Gasteiger partial charge in [0.15, 0.2) is 5.11 Å². The number of hydrogen-bond donors (Lipinski definition) is 1. The Balaban J connectivity index is 1.71. The second kappa shape index (κ2) is 10.4. The Kier molecular flexibility index (Phi) is 7.65. The highest BCUT2D eigenvalue weighted by Crippen LogP contribution is 2.23. The van der Waals surface area contributed by atoms with Gasteiger partial charge in [0.25, 0.3) is 5.91 Å². The van der Waals surface area contributed by atoms with Crippen LogP contribution in [0.2, 0.25) is 5.02 Å². The third kappa shape index (κ3) is 5.62. The largest absolute Gasteiger partial charge is 0.497 e. The van der Waals surface area contributed by atoms with Crippen molar-refractivity contribution in [2.45, 2.75) is 18.9 Å². The van der Waals surface area contributed by atoms with Crippen LogP contribution in [0.25, 0.3) is 0 Å². The summed E-state index contributed by atoms with van der Waals surface area (Å²) in [5, 5.41) is 3.81. The summed E-state index contributed by atoms with van der Waals surface area (Å²) >= 11 is 11.4. The lowest BCUT2D eigenvalue weighted by Gasteiger charge is -2.24. The van der Waals surface area contributed by atoms with E-state index in [-0.39, 0.29) is 18.2 Å². The maximum Gasteiger partial charge on any atom is 0.252 e.